The van der Waals surface area contributed by atoms with Gasteiger partial charge in [0.1, 0.15) is 0 Å². The van der Waals surface area contributed by atoms with Crippen molar-refractivity contribution in [3.8, 4) is 0 Å². The number of thiophene rings is 1. The minimum atomic E-state index is -1.01. The normalized spacial score (nSPS) is 14.7. The third-order valence-corrected chi connectivity index (χ3v) is 6.17. The van der Waals surface area contributed by atoms with E-state index < -0.39 is 5.97 Å². The van der Waals surface area contributed by atoms with Gasteiger partial charge in [0.2, 0.25) is 0 Å². The van der Waals surface area contributed by atoms with Crippen LogP contribution in [0.15, 0.2) is 52.8 Å². The van der Waals surface area contributed by atoms with Gasteiger partial charge in [-0.25, -0.2) is 4.79 Å². The van der Waals surface area contributed by atoms with Gasteiger partial charge in [-0.3, -0.25) is 9.69 Å². The average Bonchev–Trinajstić information content (AvgIpc) is 3.19. The van der Waals surface area contributed by atoms with E-state index in [4.69, 9.17) is 5.11 Å². The van der Waals surface area contributed by atoms with Gasteiger partial charge in [-0.05, 0) is 42.6 Å². The van der Waals surface area contributed by atoms with E-state index in [1.165, 1.54) is 38.7 Å². The molecule has 3 aromatic rings. The number of hydrogen-bond acceptors (Lipinski definition) is 5. The Morgan fingerprint density at radius 3 is 2.59 bits per heavy atom. The van der Waals surface area contributed by atoms with Crippen molar-refractivity contribution in [2.45, 2.75) is 13.0 Å². The Hall–Kier alpha value is -2.35. The lowest BCUT2D eigenvalue weighted by molar-refractivity contribution is 0.0695. The van der Waals surface area contributed by atoms with E-state index in [-0.39, 0.29) is 23.5 Å². The Morgan fingerprint density at radius 2 is 1.83 bits per heavy atom. The van der Waals surface area contributed by atoms with Crippen LogP contribution in [0.3, 0.4) is 0 Å². The van der Waals surface area contributed by atoms with Crippen LogP contribution >= 0.6 is 23.7 Å². The van der Waals surface area contributed by atoms with Gasteiger partial charge >= 0.3 is 5.97 Å². The predicted octanol–water partition coefficient (Wildman–Crippen LogP) is 3.40. The first-order chi connectivity index (χ1) is 13.6. The molecule has 29 heavy (non-hydrogen) atoms. The number of fused-ring (bicyclic) bond motifs is 1. The monoisotopic (exact) mass is 433 g/mol. The quantitative estimate of drug-likeness (QED) is 0.645. The zero-order chi connectivity index (χ0) is 19.5. The van der Waals surface area contributed by atoms with Crippen molar-refractivity contribution >= 4 is 45.5 Å². The van der Waals surface area contributed by atoms with Crippen LogP contribution in [0.4, 0.5) is 5.69 Å². The number of rotatable bonds is 6. The fraction of sp³-hybridized carbons (Fsp3) is 0.333. The summed E-state index contributed by atoms with van der Waals surface area (Å²) in [5, 5.41) is 12.5. The van der Waals surface area contributed by atoms with Crippen LogP contribution in [0.5, 0.6) is 0 Å². The number of aryl methyl sites for hydroxylation is 1. The van der Waals surface area contributed by atoms with Crippen LogP contribution in [-0.2, 0) is 6.54 Å². The summed E-state index contributed by atoms with van der Waals surface area (Å²) in [6, 6.07) is 11.4. The SMILES string of the molecule is Cl.O=C(O)c1ccc(=O)n(CCCN2CCN(c3cccc4sccc34)CC2)c1. The van der Waals surface area contributed by atoms with Crippen molar-refractivity contribution in [2.24, 2.45) is 0 Å². The molecule has 4 rings (SSSR count). The number of hydrogen-bond donors (Lipinski definition) is 1. The first-order valence-electron chi connectivity index (χ1n) is 9.49. The van der Waals surface area contributed by atoms with E-state index in [9.17, 15) is 9.59 Å². The first kappa shape index (κ1) is 21.4. The number of nitrogens with zero attached hydrogens (tertiary/aromatic N) is 3. The van der Waals surface area contributed by atoms with Gasteiger partial charge in [-0.2, -0.15) is 0 Å². The highest BCUT2D eigenvalue weighted by Crippen LogP contribution is 2.31. The number of carbonyl (C=O) groups is 1. The lowest BCUT2D eigenvalue weighted by Gasteiger charge is -2.36. The number of aromatic carboxylic acids is 1. The van der Waals surface area contributed by atoms with Gasteiger partial charge in [0.15, 0.2) is 0 Å². The topological polar surface area (TPSA) is 65.8 Å². The zero-order valence-corrected chi connectivity index (χ0v) is 17.6. The zero-order valence-electron chi connectivity index (χ0n) is 16.0. The molecule has 1 aliphatic rings. The Morgan fingerprint density at radius 1 is 1.03 bits per heavy atom. The molecule has 1 saturated heterocycles. The van der Waals surface area contributed by atoms with Crippen LogP contribution in [-0.4, -0.2) is 53.3 Å². The maximum Gasteiger partial charge on any atom is 0.337 e. The van der Waals surface area contributed by atoms with Crippen molar-refractivity contribution in [3.63, 3.8) is 0 Å². The molecule has 0 aliphatic carbocycles. The van der Waals surface area contributed by atoms with E-state index in [2.05, 4.69) is 39.4 Å². The van der Waals surface area contributed by atoms with Crippen LogP contribution in [0.25, 0.3) is 10.1 Å². The number of pyridine rings is 1. The molecule has 1 aliphatic heterocycles. The number of carboxylic acid groups (broad SMARTS) is 1. The minimum Gasteiger partial charge on any atom is -0.478 e. The van der Waals surface area contributed by atoms with Gasteiger partial charge in [-0.15, -0.1) is 23.7 Å². The molecule has 0 bridgehead atoms. The van der Waals surface area contributed by atoms with Crippen molar-refractivity contribution in [1.82, 2.24) is 9.47 Å². The van der Waals surface area contributed by atoms with Gasteiger partial charge < -0.3 is 14.6 Å². The van der Waals surface area contributed by atoms with Gasteiger partial charge in [0.25, 0.3) is 5.56 Å². The maximum absolute atomic E-state index is 11.9. The second-order valence-corrected chi connectivity index (χ2v) is 7.99. The summed E-state index contributed by atoms with van der Waals surface area (Å²) in [5.74, 6) is -1.01. The molecule has 0 amide bonds. The van der Waals surface area contributed by atoms with Gasteiger partial charge in [0, 0.05) is 60.8 Å². The molecule has 1 fully saturated rings. The van der Waals surface area contributed by atoms with Crippen LogP contribution in [0.2, 0.25) is 0 Å². The molecule has 0 unspecified atom stereocenters. The Bertz CT molecular complexity index is 1040. The Balaban J connectivity index is 0.00000240. The maximum atomic E-state index is 11.9. The summed E-state index contributed by atoms with van der Waals surface area (Å²) in [7, 11) is 0. The Kier molecular flexibility index (Phi) is 6.95. The highest BCUT2D eigenvalue weighted by molar-refractivity contribution is 7.17. The highest BCUT2D eigenvalue weighted by Gasteiger charge is 2.18. The number of benzene rings is 1. The van der Waals surface area contributed by atoms with E-state index >= 15 is 0 Å². The molecule has 2 aromatic heterocycles. The fourth-order valence-electron chi connectivity index (χ4n) is 3.76. The largest absolute Gasteiger partial charge is 0.478 e. The predicted molar refractivity (Wildman–Crippen MR) is 120 cm³/mol. The molecule has 154 valence electrons. The molecule has 1 N–H and O–H groups in total. The number of carboxylic acids is 1. The third kappa shape index (κ3) is 4.80. The van der Waals surface area contributed by atoms with Crippen molar-refractivity contribution in [3.05, 3.63) is 63.9 Å². The smallest absolute Gasteiger partial charge is 0.337 e. The summed E-state index contributed by atoms with van der Waals surface area (Å²) in [4.78, 5) is 27.8. The van der Waals surface area contributed by atoms with E-state index in [0.717, 1.165) is 39.1 Å². The summed E-state index contributed by atoms with van der Waals surface area (Å²) < 4.78 is 2.82. The molecule has 0 radical (unpaired) electrons. The van der Waals surface area contributed by atoms with E-state index in [1.54, 1.807) is 11.3 Å². The molecular formula is C21H24ClN3O3S. The Labute approximate surface area is 179 Å². The van der Waals surface area contributed by atoms with Gasteiger partial charge in [-0.1, -0.05) is 6.07 Å². The summed E-state index contributed by atoms with van der Waals surface area (Å²) in [6.45, 7) is 5.40. The van der Waals surface area contributed by atoms with Crippen LogP contribution in [0, 0.1) is 0 Å². The second kappa shape index (κ2) is 9.43. The molecule has 8 heteroatoms. The number of aromatic nitrogens is 1. The fourth-order valence-corrected chi connectivity index (χ4v) is 4.57. The summed E-state index contributed by atoms with van der Waals surface area (Å²) in [6.07, 6.45) is 2.26. The number of halogens is 1. The highest BCUT2D eigenvalue weighted by atomic mass is 35.5. The number of anilines is 1. The average molecular weight is 434 g/mol. The molecule has 0 spiro atoms. The van der Waals surface area contributed by atoms with E-state index in [1.807, 2.05) is 0 Å². The molecular weight excluding hydrogens is 410 g/mol. The standard InChI is InChI=1S/C21H23N3O3S.ClH/c25-20-6-5-16(21(26)27)15-24(20)9-2-8-22-10-12-23(13-11-22)18-3-1-4-19-17(18)7-14-28-19;/h1,3-7,14-15H,2,8-13H2,(H,26,27);1H. The van der Waals surface area contributed by atoms with Crippen molar-refractivity contribution < 1.29 is 9.90 Å². The molecule has 6 nitrogen and oxygen atoms in total. The summed E-state index contributed by atoms with van der Waals surface area (Å²) in [5.41, 5.74) is 1.31. The molecule has 3 heterocycles. The third-order valence-electron chi connectivity index (χ3n) is 5.29. The van der Waals surface area contributed by atoms with Crippen LogP contribution in [0.1, 0.15) is 16.8 Å². The van der Waals surface area contributed by atoms with E-state index in [0.29, 0.717) is 6.54 Å². The van der Waals surface area contributed by atoms with Gasteiger partial charge in [0.05, 0.1) is 5.56 Å². The minimum absolute atomic E-state index is 0. The molecule has 0 saturated carbocycles. The lowest BCUT2D eigenvalue weighted by Crippen LogP contribution is -2.46. The lowest BCUT2D eigenvalue weighted by atomic mass is 10.2. The summed E-state index contributed by atoms with van der Waals surface area (Å²) >= 11 is 1.78. The van der Waals surface area contributed by atoms with Crippen molar-refractivity contribution in [1.29, 1.82) is 0 Å². The molecule has 1 aromatic carbocycles. The van der Waals surface area contributed by atoms with Crippen molar-refractivity contribution in [2.75, 3.05) is 37.6 Å². The first-order valence-corrected chi connectivity index (χ1v) is 10.4. The van der Waals surface area contributed by atoms with Crippen LogP contribution < -0.4 is 10.5 Å². The molecule has 0 atom stereocenters. The number of piperazine rings is 1. The second-order valence-electron chi connectivity index (χ2n) is 7.05.